The summed E-state index contributed by atoms with van der Waals surface area (Å²) >= 11 is 0. The number of rotatable bonds is 7. The molecule has 5 heteroatoms. The lowest BCUT2D eigenvalue weighted by molar-refractivity contribution is -0.114. The van der Waals surface area contributed by atoms with Crippen LogP contribution in [0, 0.1) is 0 Å². The Labute approximate surface area is 177 Å². The fourth-order valence-electron chi connectivity index (χ4n) is 2.98. The Hall–Kier alpha value is -3.86. The van der Waals surface area contributed by atoms with Gasteiger partial charge in [-0.3, -0.25) is 9.59 Å². The summed E-state index contributed by atoms with van der Waals surface area (Å²) in [6.07, 6.45) is 3.22. The molecule has 3 aromatic carbocycles. The van der Waals surface area contributed by atoms with Crippen molar-refractivity contribution in [2.75, 3.05) is 22.6 Å². The van der Waals surface area contributed by atoms with Gasteiger partial charge in [-0.05, 0) is 53.6 Å². The first kappa shape index (κ1) is 20.9. The Morgan fingerprint density at radius 3 is 2.07 bits per heavy atom. The highest BCUT2D eigenvalue weighted by Gasteiger charge is 2.03. The zero-order valence-corrected chi connectivity index (χ0v) is 17.1. The summed E-state index contributed by atoms with van der Waals surface area (Å²) in [4.78, 5) is 25.4. The number of amides is 2. The summed E-state index contributed by atoms with van der Waals surface area (Å²) in [5.74, 6) is -0.318. The van der Waals surface area contributed by atoms with Crippen molar-refractivity contribution >= 4 is 35.0 Å². The van der Waals surface area contributed by atoms with Crippen molar-refractivity contribution in [3.8, 4) is 0 Å². The molecule has 0 aliphatic heterocycles. The standard InChI is InChI=1S/C25H25N3O2/c1-19(29)26-22-11-8-20(9-12-22)10-17-25(30)27-23-13-15-24(16-14-23)28(2)18-21-6-4-3-5-7-21/h3-17H,18H2,1-2H3,(H,26,29)(H,27,30). The topological polar surface area (TPSA) is 61.4 Å². The van der Waals surface area contributed by atoms with Crippen molar-refractivity contribution < 1.29 is 9.59 Å². The molecule has 30 heavy (non-hydrogen) atoms. The molecule has 3 rings (SSSR count). The van der Waals surface area contributed by atoms with Crippen LogP contribution in [0.4, 0.5) is 17.1 Å². The summed E-state index contributed by atoms with van der Waals surface area (Å²) in [7, 11) is 2.04. The molecular weight excluding hydrogens is 374 g/mol. The molecule has 0 fully saturated rings. The number of nitrogens with zero attached hydrogens (tertiary/aromatic N) is 1. The van der Waals surface area contributed by atoms with E-state index in [-0.39, 0.29) is 11.8 Å². The van der Waals surface area contributed by atoms with Gasteiger partial charge in [-0.2, -0.15) is 0 Å². The minimum absolute atomic E-state index is 0.116. The highest BCUT2D eigenvalue weighted by Crippen LogP contribution is 2.19. The smallest absolute Gasteiger partial charge is 0.248 e. The maximum atomic E-state index is 12.2. The third-order valence-corrected chi connectivity index (χ3v) is 4.50. The molecule has 0 spiro atoms. The molecule has 0 saturated carbocycles. The monoisotopic (exact) mass is 399 g/mol. The quantitative estimate of drug-likeness (QED) is 0.554. The largest absolute Gasteiger partial charge is 0.370 e. The van der Waals surface area contributed by atoms with E-state index < -0.39 is 0 Å². The Morgan fingerprint density at radius 2 is 1.43 bits per heavy atom. The van der Waals surface area contributed by atoms with Crippen LogP contribution in [0.3, 0.4) is 0 Å². The summed E-state index contributed by atoms with van der Waals surface area (Å²) in [6, 6.07) is 25.3. The molecule has 0 bridgehead atoms. The Kier molecular flexibility index (Phi) is 7.00. The predicted molar refractivity (Wildman–Crippen MR) is 123 cm³/mol. The molecule has 0 saturated heterocycles. The minimum Gasteiger partial charge on any atom is -0.370 e. The van der Waals surface area contributed by atoms with Gasteiger partial charge in [0.15, 0.2) is 0 Å². The molecule has 0 unspecified atom stereocenters. The Balaban J connectivity index is 1.53. The van der Waals surface area contributed by atoms with Gasteiger partial charge in [-0.25, -0.2) is 0 Å². The molecule has 0 radical (unpaired) electrons. The molecule has 0 atom stereocenters. The number of nitrogens with one attached hydrogen (secondary N) is 2. The van der Waals surface area contributed by atoms with Crippen molar-refractivity contribution in [2.45, 2.75) is 13.5 Å². The SMILES string of the molecule is CC(=O)Nc1ccc(C=CC(=O)Nc2ccc(N(C)Cc3ccccc3)cc2)cc1. The lowest BCUT2D eigenvalue weighted by atomic mass is 10.2. The predicted octanol–water partition coefficient (Wildman–Crippen LogP) is 4.93. The van der Waals surface area contributed by atoms with E-state index in [1.54, 1.807) is 18.2 Å². The zero-order chi connectivity index (χ0) is 21.3. The Morgan fingerprint density at radius 1 is 0.833 bits per heavy atom. The molecular formula is C25H25N3O2. The van der Waals surface area contributed by atoms with Crippen molar-refractivity contribution in [1.82, 2.24) is 0 Å². The van der Waals surface area contributed by atoms with Crippen LogP contribution in [0.1, 0.15) is 18.1 Å². The number of anilines is 3. The molecule has 0 aliphatic carbocycles. The molecule has 0 aliphatic rings. The van der Waals surface area contributed by atoms with E-state index in [1.165, 1.54) is 18.6 Å². The lowest BCUT2D eigenvalue weighted by Crippen LogP contribution is -2.16. The zero-order valence-electron chi connectivity index (χ0n) is 17.1. The van der Waals surface area contributed by atoms with Gasteiger partial charge in [0.25, 0.3) is 0 Å². The second kappa shape index (κ2) is 10.1. The number of carbonyl (C=O) groups excluding carboxylic acids is 2. The summed E-state index contributed by atoms with van der Waals surface area (Å²) in [6.45, 7) is 2.28. The highest BCUT2D eigenvalue weighted by molar-refractivity contribution is 6.02. The lowest BCUT2D eigenvalue weighted by Gasteiger charge is -2.19. The van der Waals surface area contributed by atoms with E-state index in [2.05, 4.69) is 27.7 Å². The number of benzene rings is 3. The molecule has 2 N–H and O–H groups in total. The molecule has 5 nitrogen and oxygen atoms in total. The van der Waals surface area contributed by atoms with Crippen molar-refractivity contribution in [2.24, 2.45) is 0 Å². The van der Waals surface area contributed by atoms with E-state index in [0.29, 0.717) is 0 Å². The van der Waals surface area contributed by atoms with Gasteiger partial charge in [-0.15, -0.1) is 0 Å². The van der Waals surface area contributed by atoms with E-state index in [0.717, 1.165) is 29.2 Å². The van der Waals surface area contributed by atoms with Crippen molar-refractivity contribution in [3.05, 3.63) is 96.1 Å². The fourth-order valence-corrected chi connectivity index (χ4v) is 2.98. The van der Waals surface area contributed by atoms with Gasteiger partial charge >= 0.3 is 0 Å². The van der Waals surface area contributed by atoms with Gasteiger partial charge in [-0.1, -0.05) is 42.5 Å². The second-order valence-corrected chi connectivity index (χ2v) is 7.01. The first-order chi connectivity index (χ1) is 14.5. The maximum Gasteiger partial charge on any atom is 0.248 e. The molecule has 152 valence electrons. The minimum atomic E-state index is -0.202. The van der Waals surface area contributed by atoms with Crippen LogP contribution < -0.4 is 15.5 Å². The van der Waals surface area contributed by atoms with Crippen LogP contribution in [0.15, 0.2) is 84.9 Å². The van der Waals surface area contributed by atoms with Crippen molar-refractivity contribution in [1.29, 1.82) is 0 Å². The van der Waals surface area contributed by atoms with Crippen LogP contribution in [0.5, 0.6) is 0 Å². The van der Waals surface area contributed by atoms with Crippen LogP contribution in [0.2, 0.25) is 0 Å². The van der Waals surface area contributed by atoms with Crippen LogP contribution in [-0.2, 0) is 16.1 Å². The number of hydrogen-bond acceptors (Lipinski definition) is 3. The summed E-state index contributed by atoms with van der Waals surface area (Å²) in [5, 5.41) is 5.57. The second-order valence-electron chi connectivity index (χ2n) is 7.01. The molecule has 0 aromatic heterocycles. The summed E-state index contributed by atoms with van der Waals surface area (Å²) in [5.41, 5.74) is 4.65. The normalized spacial score (nSPS) is 10.6. The van der Waals surface area contributed by atoms with Crippen molar-refractivity contribution in [3.63, 3.8) is 0 Å². The van der Waals surface area contributed by atoms with Crippen LogP contribution in [-0.4, -0.2) is 18.9 Å². The third-order valence-electron chi connectivity index (χ3n) is 4.50. The molecule has 2 amide bonds. The Bertz CT molecular complexity index is 1010. The average Bonchev–Trinajstić information content (AvgIpc) is 2.74. The van der Waals surface area contributed by atoms with Gasteiger partial charge in [0.05, 0.1) is 0 Å². The van der Waals surface area contributed by atoms with Crippen LogP contribution in [0.25, 0.3) is 6.08 Å². The third kappa shape index (κ3) is 6.34. The number of carbonyl (C=O) groups is 2. The van der Waals surface area contributed by atoms with E-state index in [9.17, 15) is 9.59 Å². The summed E-state index contributed by atoms with van der Waals surface area (Å²) < 4.78 is 0. The van der Waals surface area contributed by atoms with Gasteiger partial charge in [0.1, 0.15) is 0 Å². The van der Waals surface area contributed by atoms with E-state index >= 15 is 0 Å². The van der Waals surface area contributed by atoms with E-state index in [1.807, 2.05) is 61.6 Å². The molecule has 3 aromatic rings. The highest BCUT2D eigenvalue weighted by atomic mass is 16.2. The maximum absolute atomic E-state index is 12.2. The average molecular weight is 399 g/mol. The van der Waals surface area contributed by atoms with E-state index in [4.69, 9.17) is 0 Å². The fraction of sp³-hybridized carbons (Fsp3) is 0.120. The number of hydrogen-bond donors (Lipinski definition) is 2. The first-order valence-electron chi connectivity index (χ1n) is 9.71. The van der Waals surface area contributed by atoms with Gasteiger partial charge in [0, 0.05) is 43.7 Å². The van der Waals surface area contributed by atoms with Gasteiger partial charge < -0.3 is 15.5 Å². The first-order valence-corrected chi connectivity index (χ1v) is 9.71. The molecule has 0 heterocycles. The van der Waals surface area contributed by atoms with Crippen LogP contribution >= 0.6 is 0 Å². The van der Waals surface area contributed by atoms with Gasteiger partial charge in [0.2, 0.25) is 11.8 Å².